The van der Waals surface area contributed by atoms with Gasteiger partial charge in [-0.1, -0.05) is 0 Å². The van der Waals surface area contributed by atoms with Crippen molar-refractivity contribution in [2.75, 3.05) is 26.5 Å². The first-order valence-electron chi connectivity index (χ1n) is 8.62. The van der Waals surface area contributed by atoms with E-state index in [0.29, 0.717) is 22.3 Å². The van der Waals surface area contributed by atoms with Crippen molar-refractivity contribution in [1.29, 1.82) is 0 Å². The van der Waals surface area contributed by atoms with E-state index in [4.69, 9.17) is 4.74 Å². The number of anilines is 1. The molecule has 152 valence electrons. The number of methoxy groups -OCH3 is 1. The van der Waals surface area contributed by atoms with Crippen LogP contribution in [0, 0.1) is 12.7 Å². The van der Waals surface area contributed by atoms with E-state index in [0.717, 1.165) is 4.31 Å². The van der Waals surface area contributed by atoms with Gasteiger partial charge in [0.2, 0.25) is 10.0 Å². The Labute approximate surface area is 168 Å². The average molecular weight is 417 g/mol. The van der Waals surface area contributed by atoms with Crippen molar-refractivity contribution in [3.63, 3.8) is 0 Å². The van der Waals surface area contributed by atoms with Gasteiger partial charge in [-0.3, -0.25) is 9.78 Å². The number of fused-ring (bicyclic) bond motifs is 1. The van der Waals surface area contributed by atoms with E-state index >= 15 is 0 Å². The Morgan fingerprint density at radius 2 is 1.86 bits per heavy atom. The molecule has 0 saturated carbocycles. The van der Waals surface area contributed by atoms with Gasteiger partial charge in [-0.15, -0.1) is 0 Å². The van der Waals surface area contributed by atoms with Gasteiger partial charge in [-0.25, -0.2) is 17.1 Å². The number of benzene rings is 2. The predicted octanol–water partition coefficient (Wildman–Crippen LogP) is 3.19. The number of ether oxygens (including phenoxy) is 1. The molecule has 0 aliphatic rings. The second-order valence-electron chi connectivity index (χ2n) is 6.58. The molecule has 9 heteroatoms. The van der Waals surface area contributed by atoms with Crippen LogP contribution < -0.4 is 10.1 Å². The van der Waals surface area contributed by atoms with Crippen LogP contribution in [0.1, 0.15) is 16.1 Å². The van der Waals surface area contributed by atoms with Gasteiger partial charge in [0.15, 0.2) is 0 Å². The first-order chi connectivity index (χ1) is 13.6. The number of carbonyl (C=O) groups excluding carboxylic acids is 1. The molecule has 29 heavy (non-hydrogen) atoms. The summed E-state index contributed by atoms with van der Waals surface area (Å²) in [6.45, 7) is 1.70. The number of aromatic nitrogens is 1. The lowest BCUT2D eigenvalue weighted by Crippen LogP contribution is -2.22. The second kappa shape index (κ2) is 7.76. The maximum absolute atomic E-state index is 13.6. The van der Waals surface area contributed by atoms with Crippen LogP contribution in [-0.4, -0.2) is 44.8 Å². The number of sulfonamides is 1. The zero-order valence-corrected chi connectivity index (χ0v) is 17.2. The van der Waals surface area contributed by atoms with Crippen molar-refractivity contribution in [3.8, 4) is 5.75 Å². The average Bonchev–Trinajstić information content (AvgIpc) is 2.66. The highest BCUT2D eigenvalue weighted by molar-refractivity contribution is 7.89. The van der Waals surface area contributed by atoms with Gasteiger partial charge in [-0.05, 0) is 43.3 Å². The number of aryl methyl sites for hydroxylation is 1. The number of halogens is 1. The lowest BCUT2D eigenvalue weighted by atomic mass is 10.1. The summed E-state index contributed by atoms with van der Waals surface area (Å²) in [7, 11) is 0.559. The smallest absolute Gasteiger partial charge is 0.256 e. The lowest BCUT2D eigenvalue weighted by molar-refractivity contribution is 0.102. The lowest BCUT2D eigenvalue weighted by Gasteiger charge is -2.15. The van der Waals surface area contributed by atoms with Crippen LogP contribution in [0.4, 0.5) is 10.1 Å². The van der Waals surface area contributed by atoms with Gasteiger partial charge in [0.1, 0.15) is 11.6 Å². The zero-order chi connectivity index (χ0) is 21.3. The minimum Gasteiger partial charge on any atom is -0.495 e. The third kappa shape index (κ3) is 4.06. The molecule has 0 aliphatic carbocycles. The largest absolute Gasteiger partial charge is 0.495 e. The van der Waals surface area contributed by atoms with Crippen molar-refractivity contribution in [1.82, 2.24) is 9.29 Å². The number of carbonyl (C=O) groups is 1. The standard InChI is InChI=1S/C20H20FN3O4S/c1-12-9-16(15-7-5-13(21)10-17(15)22-12)20(25)23-18-11-14(6-8-19(18)28-4)29(26,27)24(2)3/h5-11H,1-4H3,(H,23,25). The second-order valence-corrected chi connectivity index (χ2v) is 8.73. The molecule has 0 bridgehead atoms. The van der Waals surface area contributed by atoms with Gasteiger partial charge < -0.3 is 10.1 Å². The normalized spacial score (nSPS) is 11.7. The van der Waals surface area contributed by atoms with Crippen molar-refractivity contribution < 1.29 is 22.3 Å². The number of rotatable bonds is 5. The summed E-state index contributed by atoms with van der Waals surface area (Å²) >= 11 is 0. The molecule has 3 rings (SSSR count). The molecule has 0 radical (unpaired) electrons. The van der Waals surface area contributed by atoms with Gasteiger partial charge in [-0.2, -0.15) is 0 Å². The minimum atomic E-state index is -3.70. The van der Waals surface area contributed by atoms with E-state index < -0.39 is 21.7 Å². The topological polar surface area (TPSA) is 88.6 Å². The van der Waals surface area contributed by atoms with Gasteiger partial charge in [0, 0.05) is 31.2 Å². The van der Waals surface area contributed by atoms with E-state index in [2.05, 4.69) is 10.3 Å². The van der Waals surface area contributed by atoms with Crippen molar-refractivity contribution in [3.05, 3.63) is 59.5 Å². The van der Waals surface area contributed by atoms with Gasteiger partial charge >= 0.3 is 0 Å². The molecule has 0 spiro atoms. The first kappa shape index (κ1) is 20.7. The van der Waals surface area contributed by atoms with E-state index in [9.17, 15) is 17.6 Å². The Bertz CT molecular complexity index is 1200. The Balaban J connectivity index is 2.06. The van der Waals surface area contributed by atoms with E-state index in [1.807, 2.05) is 0 Å². The summed E-state index contributed by atoms with van der Waals surface area (Å²) in [6, 6.07) is 9.78. The Morgan fingerprint density at radius 1 is 1.14 bits per heavy atom. The monoisotopic (exact) mass is 417 g/mol. The summed E-state index contributed by atoms with van der Waals surface area (Å²) < 4.78 is 44.7. The highest BCUT2D eigenvalue weighted by Gasteiger charge is 2.21. The number of amides is 1. The molecule has 2 aromatic carbocycles. The number of pyridine rings is 1. The molecule has 1 amide bonds. The van der Waals surface area contributed by atoms with E-state index in [-0.39, 0.29) is 16.1 Å². The summed E-state index contributed by atoms with van der Waals surface area (Å²) in [4.78, 5) is 17.2. The predicted molar refractivity (Wildman–Crippen MR) is 108 cm³/mol. The Hall–Kier alpha value is -3.04. The van der Waals surface area contributed by atoms with Crippen LogP contribution >= 0.6 is 0 Å². The van der Waals surface area contributed by atoms with E-state index in [1.54, 1.807) is 13.0 Å². The molecule has 0 atom stereocenters. The van der Waals surface area contributed by atoms with Crippen LogP contribution in [0.3, 0.4) is 0 Å². The van der Waals surface area contributed by atoms with Gasteiger partial charge in [0.05, 0.1) is 28.8 Å². The van der Waals surface area contributed by atoms with E-state index in [1.165, 1.54) is 57.6 Å². The van der Waals surface area contributed by atoms with Crippen molar-refractivity contribution >= 4 is 32.5 Å². The highest BCUT2D eigenvalue weighted by atomic mass is 32.2. The number of nitrogens with zero attached hydrogens (tertiary/aromatic N) is 2. The molecule has 0 fully saturated rings. The molecule has 3 aromatic rings. The molecule has 0 aliphatic heterocycles. The third-order valence-electron chi connectivity index (χ3n) is 4.34. The van der Waals surface area contributed by atoms with Crippen molar-refractivity contribution in [2.45, 2.75) is 11.8 Å². The quantitative estimate of drug-likeness (QED) is 0.689. The van der Waals surface area contributed by atoms with Gasteiger partial charge in [0.25, 0.3) is 5.91 Å². The van der Waals surface area contributed by atoms with Crippen LogP contribution in [0.5, 0.6) is 5.75 Å². The molecule has 1 heterocycles. The molecule has 1 aromatic heterocycles. The summed E-state index contributed by atoms with van der Waals surface area (Å²) in [5.74, 6) is -0.646. The van der Waals surface area contributed by atoms with Crippen LogP contribution in [0.15, 0.2) is 47.4 Å². The summed E-state index contributed by atoms with van der Waals surface area (Å²) in [6.07, 6.45) is 0. The highest BCUT2D eigenvalue weighted by Crippen LogP contribution is 2.30. The molecule has 1 N–H and O–H groups in total. The molecular weight excluding hydrogens is 397 g/mol. The first-order valence-corrected chi connectivity index (χ1v) is 10.1. The Kier molecular flexibility index (Phi) is 5.54. The van der Waals surface area contributed by atoms with Crippen LogP contribution in [0.2, 0.25) is 0 Å². The molecule has 0 unspecified atom stereocenters. The summed E-state index contributed by atoms with van der Waals surface area (Å²) in [5.41, 5.74) is 1.38. The number of hydrogen-bond acceptors (Lipinski definition) is 5. The number of nitrogens with one attached hydrogen (secondary N) is 1. The molecule has 7 nitrogen and oxygen atoms in total. The maximum Gasteiger partial charge on any atom is 0.256 e. The molecular formula is C20H20FN3O4S. The fourth-order valence-electron chi connectivity index (χ4n) is 2.87. The third-order valence-corrected chi connectivity index (χ3v) is 6.15. The molecule has 0 saturated heterocycles. The zero-order valence-electron chi connectivity index (χ0n) is 16.4. The Morgan fingerprint density at radius 3 is 2.52 bits per heavy atom. The maximum atomic E-state index is 13.6. The van der Waals surface area contributed by atoms with Crippen LogP contribution in [0.25, 0.3) is 10.9 Å². The fourth-order valence-corrected chi connectivity index (χ4v) is 3.80. The minimum absolute atomic E-state index is 0.0106. The van der Waals surface area contributed by atoms with Crippen LogP contribution in [-0.2, 0) is 10.0 Å². The summed E-state index contributed by atoms with van der Waals surface area (Å²) in [5, 5.41) is 3.17. The fraction of sp³-hybridized carbons (Fsp3) is 0.200. The van der Waals surface area contributed by atoms with Crippen molar-refractivity contribution in [2.24, 2.45) is 0 Å². The SMILES string of the molecule is COc1ccc(S(=O)(=O)N(C)C)cc1NC(=O)c1cc(C)nc2cc(F)ccc12. The number of hydrogen-bond donors (Lipinski definition) is 1.